The van der Waals surface area contributed by atoms with Gasteiger partial charge in [0.25, 0.3) is 0 Å². The summed E-state index contributed by atoms with van der Waals surface area (Å²) in [6, 6.07) is 30.4. The number of benzene rings is 3. The van der Waals surface area contributed by atoms with Gasteiger partial charge in [-0.2, -0.15) is 0 Å². The van der Waals surface area contributed by atoms with Crippen LogP contribution in [0.1, 0.15) is 36.4 Å². The molecule has 2 atom stereocenters. The highest BCUT2D eigenvalue weighted by molar-refractivity contribution is 6.34. The molecule has 0 saturated heterocycles. The molecule has 208 valence electrons. The second kappa shape index (κ2) is 11.6. The lowest BCUT2D eigenvalue weighted by molar-refractivity contribution is 0.248. The molecule has 3 aromatic carbocycles. The Labute approximate surface area is 253 Å². The fourth-order valence-electron chi connectivity index (χ4n) is 5.77. The van der Waals surface area contributed by atoms with Crippen molar-refractivity contribution in [3.8, 4) is 5.75 Å². The van der Waals surface area contributed by atoms with Crippen LogP contribution in [0.2, 0.25) is 10.2 Å². The number of rotatable bonds is 7. The van der Waals surface area contributed by atoms with E-state index < -0.39 is 0 Å². The Hall–Kier alpha value is -4.26. The van der Waals surface area contributed by atoms with Crippen molar-refractivity contribution in [1.29, 1.82) is 0 Å². The summed E-state index contributed by atoms with van der Waals surface area (Å²) in [5, 5.41) is 2.83. The van der Waals surface area contributed by atoms with Gasteiger partial charge in [0, 0.05) is 34.8 Å². The SMILES string of the molecule is Clc1cc2ccc(OCC3CCC(n4ccc5c(Cl)ncnc54)C3)cc2nc1N=C(c1ccccc1)c1ccccc1. The Bertz CT molecular complexity index is 1860. The maximum Gasteiger partial charge on any atom is 0.172 e. The van der Waals surface area contributed by atoms with Gasteiger partial charge >= 0.3 is 0 Å². The number of aromatic nitrogens is 4. The summed E-state index contributed by atoms with van der Waals surface area (Å²) >= 11 is 13.0. The van der Waals surface area contributed by atoms with E-state index in [0.29, 0.717) is 34.6 Å². The molecule has 1 aliphatic rings. The van der Waals surface area contributed by atoms with Crippen LogP contribution in [0.4, 0.5) is 5.82 Å². The van der Waals surface area contributed by atoms with Crippen LogP contribution in [0.15, 0.2) is 109 Å². The summed E-state index contributed by atoms with van der Waals surface area (Å²) in [5.41, 5.74) is 4.49. The van der Waals surface area contributed by atoms with Crippen LogP contribution >= 0.6 is 23.2 Å². The summed E-state index contributed by atoms with van der Waals surface area (Å²) in [5.74, 6) is 1.71. The first kappa shape index (κ1) is 26.6. The second-order valence-electron chi connectivity index (χ2n) is 10.6. The molecule has 42 heavy (non-hydrogen) atoms. The minimum absolute atomic E-state index is 0.367. The number of ether oxygens (including phenoxy) is 1. The zero-order chi connectivity index (χ0) is 28.5. The van der Waals surface area contributed by atoms with Crippen LogP contribution in [0.3, 0.4) is 0 Å². The average Bonchev–Trinajstić information content (AvgIpc) is 3.68. The van der Waals surface area contributed by atoms with Gasteiger partial charge in [0.1, 0.15) is 22.9 Å². The molecule has 1 saturated carbocycles. The summed E-state index contributed by atoms with van der Waals surface area (Å²) in [6.07, 6.45) is 6.78. The molecule has 3 aromatic heterocycles. The van der Waals surface area contributed by atoms with Gasteiger partial charge < -0.3 is 9.30 Å². The fraction of sp³-hybridized carbons (Fsp3) is 0.176. The molecular formula is C34H27Cl2N5O. The average molecular weight is 593 g/mol. The van der Waals surface area contributed by atoms with Crippen LogP contribution in [-0.4, -0.2) is 31.8 Å². The number of nitrogens with zero attached hydrogens (tertiary/aromatic N) is 5. The molecule has 2 unspecified atom stereocenters. The Morgan fingerprint density at radius 3 is 2.40 bits per heavy atom. The van der Waals surface area contributed by atoms with Gasteiger partial charge in [-0.25, -0.2) is 19.9 Å². The molecule has 1 fully saturated rings. The zero-order valence-electron chi connectivity index (χ0n) is 22.7. The van der Waals surface area contributed by atoms with Crippen LogP contribution in [0.5, 0.6) is 5.75 Å². The smallest absolute Gasteiger partial charge is 0.172 e. The summed E-state index contributed by atoms with van der Waals surface area (Å²) < 4.78 is 8.53. The monoisotopic (exact) mass is 591 g/mol. The van der Waals surface area contributed by atoms with Crippen molar-refractivity contribution in [3.05, 3.63) is 125 Å². The van der Waals surface area contributed by atoms with Gasteiger partial charge in [0.15, 0.2) is 5.82 Å². The highest BCUT2D eigenvalue weighted by Crippen LogP contribution is 2.38. The molecule has 0 aliphatic heterocycles. The molecule has 6 aromatic rings. The minimum Gasteiger partial charge on any atom is -0.493 e. The van der Waals surface area contributed by atoms with Gasteiger partial charge in [0.2, 0.25) is 0 Å². The van der Waals surface area contributed by atoms with Gasteiger partial charge in [-0.05, 0) is 49.4 Å². The number of hydrogen-bond donors (Lipinski definition) is 0. The lowest BCUT2D eigenvalue weighted by Gasteiger charge is -2.15. The Kier molecular flexibility index (Phi) is 7.32. The topological polar surface area (TPSA) is 65.2 Å². The van der Waals surface area contributed by atoms with Crippen LogP contribution in [0.25, 0.3) is 21.9 Å². The molecule has 0 amide bonds. The Morgan fingerprint density at radius 2 is 1.64 bits per heavy atom. The minimum atomic E-state index is 0.367. The lowest BCUT2D eigenvalue weighted by atomic mass is 10.0. The quantitative estimate of drug-likeness (QED) is 0.137. The van der Waals surface area contributed by atoms with Crippen LogP contribution in [-0.2, 0) is 0 Å². The van der Waals surface area contributed by atoms with Gasteiger partial charge in [0.05, 0.1) is 28.2 Å². The maximum atomic E-state index is 6.69. The normalized spacial score (nSPS) is 16.6. The van der Waals surface area contributed by atoms with Crippen molar-refractivity contribution in [3.63, 3.8) is 0 Å². The largest absolute Gasteiger partial charge is 0.493 e. The van der Waals surface area contributed by atoms with Crippen LogP contribution in [0, 0.1) is 5.92 Å². The van der Waals surface area contributed by atoms with E-state index in [1.54, 1.807) is 0 Å². The molecule has 1 aliphatic carbocycles. The Morgan fingerprint density at radius 1 is 0.881 bits per heavy atom. The van der Waals surface area contributed by atoms with E-state index in [2.05, 4.69) is 20.7 Å². The molecule has 8 heteroatoms. The van der Waals surface area contributed by atoms with E-state index in [0.717, 1.165) is 63.8 Å². The molecule has 7 rings (SSSR count). The Balaban J connectivity index is 1.11. The molecule has 0 bridgehead atoms. The standard InChI is InChI=1S/C34H27Cl2N5O/c35-29-18-25-12-14-27(42-20-22-11-13-26(17-22)41-16-15-28-32(36)37-21-38-34(28)41)19-30(25)39-33(29)40-31(23-7-3-1-4-8-23)24-9-5-2-6-10-24/h1-10,12,14-16,18-19,21-22,26H,11,13,17,20H2. The third kappa shape index (κ3) is 5.36. The third-order valence-electron chi connectivity index (χ3n) is 7.89. The highest BCUT2D eigenvalue weighted by atomic mass is 35.5. The van der Waals surface area contributed by atoms with Crippen molar-refractivity contribution in [1.82, 2.24) is 19.5 Å². The first-order valence-electron chi connectivity index (χ1n) is 14.0. The van der Waals surface area contributed by atoms with E-state index in [9.17, 15) is 0 Å². The fourth-order valence-corrected chi connectivity index (χ4v) is 6.17. The highest BCUT2D eigenvalue weighted by Gasteiger charge is 2.28. The molecule has 0 spiro atoms. The summed E-state index contributed by atoms with van der Waals surface area (Å²) in [6.45, 7) is 0.641. The molecule has 0 radical (unpaired) electrons. The third-order valence-corrected chi connectivity index (χ3v) is 8.47. The number of pyridine rings is 1. The van der Waals surface area contributed by atoms with Crippen LogP contribution < -0.4 is 4.74 Å². The van der Waals surface area contributed by atoms with Crippen molar-refractivity contribution in [2.24, 2.45) is 10.9 Å². The summed E-state index contributed by atoms with van der Waals surface area (Å²) in [7, 11) is 0. The lowest BCUT2D eigenvalue weighted by Crippen LogP contribution is -2.10. The number of halogens is 2. The van der Waals surface area contributed by atoms with Crippen molar-refractivity contribution >= 4 is 56.7 Å². The number of hydrogen-bond acceptors (Lipinski definition) is 5. The first-order valence-corrected chi connectivity index (χ1v) is 14.8. The second-order valence-corrected chi connectivity index (χ2v) is 11.4. The molecule has 6 nitrogen and oxygen atoms in total. The molecule has 0 N–H and O–H groups in total. The first-order chi connectivity index (χ1) is 20.6. The van der Waals surface area contributed by atoms with Crippen molar-refractivity contribution < 1.29 is 4.74 Å². The number of fused-ring (bicyclic) bond motifs is 2. The van der Waals surface area contributed by atoms with Gasteiger partial charge in [-0.1, -0.05) is 83.9 Å². The van der Waals surface area contributed by atoms with Crippen molar-refractivity contribution in [2.45, 2.75) is 25.3 Å². The van der Waals surface area contributed by atoms with E-state index in [4.69, 9.17) is 37.9 Å². The maximum absolute atomic E-state index is 6.69. The number of aliphatic imine (C=N–C) groups is 1. The van der Waals surface area contributed by atoms with E-state index in [1.807, 2.05) is 91.0 Å². The van der Waals surface area contributed by atoms with Crippen molar-refractivity contribution in [2.75, 3.05) is 6.61 Å². The molecular weight excluding hydrogens is 565 g/mol. The van der Waals surface area contributed by atoms with Gasteiger partial charge in [-0.15, -0.1) is 0 Å². The van der Waals surface area contributed by atoms with E-state index >= 15 is 0 Å². The molecule has 3 heterocycles. The summed E-state index contributed by atoms with van der Waals surface area (Å²) in [4.78, 5) is 18.4. The van der Waals surface area contributed by atoms with E-state index in [-0.39, 0.29) is 0 Å². The zero-order valence-corrected chi connectivity index (χ0v) is 24.2. The predicted octanol–water partition coefficient (Wildman–Crippen LogP) is 8.88. The van der Waals surface area contributed by atoms with Gasteiger partial charge in [-0.3, -0.25) is 0 Å². The predicted molar refractivity (Wildman–Crippen MR) is 169 cm³/mol. The van der Waals surface area contributed by atoms with E-state index in [1.165, 1.54) is 6.33 Å².